The van der Waals surface area contributed by atoms with E-state index >= 15 is 0 Å². The monoisotopic (exact) mass is 366 g/mol. The van der Waals surface area contributed by atoms with Crippen molar-refractivity contribution >= 4 is 5.78 Å². The largest absolute Gasteiger partial charge is 0.491 e. The summed E-state index contributed by atoms with van der Waals surface area (Å²) in [5.74, 6) is -2.40. The van der Waals surface area contributed by atoms with E-state index in [-0.39, 0.29) is 30.1 Å². The molecule has 0 unspecified atom stereocenters. The van der Waals surface area contributed by atoms with E-state index in [4.69, 9.17) is 4.74 Å². The maximum atomic E-state index is 13.3. The second-order valence-electron chi connectivity index (χ2n) is 10.2. The van der Waals surface area contributed by atoms with Gasteiger partial charge in [-0.3, -0.25) is 4.79 Å². The Morgan fingerprint density at radius 3 is 2.27 bits per heavy atom. The molecule has 4 rings (SSSR count). The highest BCUT2D eigenvalue weighted by Crippen LogP contribution is 2.73. The van der Waals surface area contributed by atoms with Gasteiger partial charge in [-0.15, -0.1) is 0 Å². The lowest BCUT2D eigenvalue weighted by Gasteiger charge is -2.49. The molecule has 0 bridgehead atoms. The third-order valence-electron chi connectivity index (χ3n) is 7.59. The molecule has 0 saturated heterocycles. The van der Waals surface area contributed by atoms with E-state index in [0.717, 1.165) is 0 Å². The van der Waals surface area contributed by atoms with Crippen molar-refractivity contribution in [3.8, 4) is 0 Å². The third kappa shape index (κ3) is 1.62. The van der Waals surface area contributed by atoms with Crippen molar-refractivity contribution in [2.45, 2.75) is 82.4 Å². The standard InChI is InChI=1S/C20H30O6/c1-9(2)15-13-14(21)10-7-11(16(3,4)22)18(23)8-12(17(5,6)26-15)19(13,24)20(10,18)25/h9-12,22-25H,7-8H2,1-6H3/t10-,11-,12+,18+,19-,20-/m1/s1. The zero-order valence-electron chi connectivity index (χ0n) is 16.3. The number of carbonyl (C=O) groups excluding carboxylic acids is 1. The Kier molecular flexibility index (Phi) is 3.22. The normalized spacial score (nSPS) is 49.0. The summed E-state index contributed by atoms with van der Waals surface area (Å²) in [6.45, 7) is 10.6. The van der Waals surface area contributed by atoms with Crippen LogP contribution in [0.4, 0.5) is 0 Å². The second kappa shape index (κ2) is 4.54. The Morgan fingerprint density at radius 1 is 1.19 bits per heavy atom. The topological polar surface area (TPSA) is 107 Å². The average molecular weight is 366 g/mol. The first-order valence-corrected chi connectivity index (χ1v) is 9.51. The predicted molar refractivity (Wildman–Crippen MR) is 92.9 cm³/mol. The molecule has 1 heterocycles. The van der Waals surface area contributed by atoms with Gasteiger partial charge in [0, 0.05) is 17.8 Å². The number of ether oxygens (including phenoxy) is 1. The van der Waals surface area contributed by atoms with Gasteiger partial charge in [-0.1, -0.05) is 13.8 Å². The molecule has 1 aliphatic heterocycles. The molecule has 146 valence electrons. The molecule has 0 aromatic carbocycles. The summed E-state index contributed by atoms with van der Waals surface area (Å²) < 4.78 is 6.16. The predicted octanol–water partition coefficient (Wildman–Crippen LogP) is 0.908. The van der Waals surface area contributed by atoms with E-state index in [1.807, 2.05) is 27.7 Å². The summed E-state index contributed by atoms with van der Waals surface area (Å²) in [6, 6.07) is 0. The van der Waals surface area contributed by atoms with Crippen LogP contribution in [0.1, 0.15) is 54.4 Å². The summed E-state index contributed by atoms with van der Waals surface area (Å²) in [5.41, 5.74) is -7.68. The Bertz CT molecular complexity index is 731. The maximum absolute atomic E-state index is 13.3. The van der Waals surface area contributed by atoms with Gasteiger partial charge in [0.1, 0.15) is 28.2 Å². The lowest BCUT2D eigenvalue weighted by Crippen LogP contribution is -2.65. The van der Waals surface area contributed by atoms with E-state index in [1.54, 1.807) is 13.8 Å². The van der Waals surface area contributed by atoms with Crippen molar-refractivity contribution in [3.05, 3.63) is 11.3 Å². The van der Waals surface area contributed by atoms with Crippen molar-refractivity contribution in [1.29, 1.82) is 0 Å². The van der Waals surface area contributed by atoms with Crippen molar-refractivity contribution in [2.75, 3.05) is 0 Å². The molecule has 0 spiro atoms. The van der Waals surface area contributed by atoms with Crippen LogP contribution in [-0.2, 0) is 9.53 Å². The number of carbonyl (C=O) groups is 1. The van der Waals surface area contributed by atoms with Crippen LogP contribution in [0.2, 0.25) is 0 Å². The van der Waals surface area contributed by atoms with Crippen LogP contribution >= 0.6 is 0 Å². The van der Waals surface area contributed by atoms with Gasteiger partial charge < -0.3 is 25.2 Å². The lowest BCUT2D eigenvalue weighted by molar-refractivity contribution is -0.221. The molecule has 6 atom stereocenters. The Labute approximate surface area is 153 Å². The summed E-state index contributed by atoms with van der Waals surface area (Å²) in [5, 5.41) is 45.9. The van der Waals surface area contributed by atoms with Gasteiger partial charge in [0.15, 0.2) is 5.78 Å². The Hall–Kier alpha value is -0.950. The smallest absolute Gasteiger partial charge is 0.171 e. The fraction of sp³-hybridized carbons (Fsp3) is 0.850. The fourth-order valence-electron chi connectivity index (χ4n) is 6.55. The van der Waals surface area contributed by atoms with Crippen LogP contribution in [0.15, 0.2) is 11.3 Å². The van der Waals surface area contributed by atoms with Gasteiger partial charge in [-0.2, -0.15) is 0 Å². The molecule has 4 N–H and O–H groups in total. The highest BCUT2D eigenvalue weighted by Gasteiger charge is 2.88. The number of ketones is 1. The van der Waals surface area contributed by atoms with Crippen molar-refractivity contribution < 1.29 is 30.0 Å². The number of allylic oxidation sites excluding steroid dienone is 1. The fourth-order valence-corrected chi connectivity index (χ4v) is 6.55. The highest BCUT2D eigenvalue weighted by atomic mass is 16.5. The molecule has 4 aliphatic rings. The molecule has 0 radical (unpaired) electrons. The van der Waals surface area contributed by atoms with Crippen molar-refractivity contribution in [2.24, 2.45) is 23.7 Å². The number of rotatable bonds is 2. The molecule has 0 amide bonds. The zero-order chi connectivity index (χ0) is 19.7. The van der Waals surface area contributed by atoms with Crippen LogP contribution in [0, 0.1) is 23.7 Å². The Morgan fingerprint density at radius 2 is 1.77 bits per heavy atom. The van der Waals surface area contributed by atoms with Gasteiger partial charge in [0.05, 0.1) is 17.1 Å². The van der Waals surface area contributed by atoms with Gasteiger partial charge in [0.25, 0.3) is 0 Å². The highest BCUT2D eigenvalue weighted by molar-refractivity contribution is 6.05. The third-order valence-corrected chi connectivity index (χ3v) is 7.59. The average Bonchev–Trinajstić information content (AvgIpc) is 2.89. The minimum absolute atomic E-state index is 0.0698. The molecule has 3 fully saturated rings. The van der Waals surface area contributed by atoms with Crippen LogP contribution in [0.5, 0.6) is 0 Å². The molecule has 0 aromatic heterocycles. The SMILES string of the molecule is CC(C)C1=C2C(=O)[C@H]3C[C@H](C(C)(C)O)[C@@]4(O)C[C@@H](C(C)(C)O1)[C@]2(O)[C@@]34O. The number of hydrogen-bond acceptors (Lipinski definition) is 6. The van der Waals surface area contributed by atoms with E-state index < -0.39 is 45.8 Å². The zero-order valence-corrected chi connectivity index (χ0v) is 16.3. The molecule has 3 saturated carbocycles. The van der Waals surface area contributed by atoms with Crippen LogP contribution < -0.4 is 0 Å². The number of aliphatic hydroxyl groups is 4. The number of Topliss-reactive ketones (excluding diaryl/α,β-unsaturated/α-hetero) is 1. The van der Waals surface area contributed by atoms with E-state index in [0.29, 0.717) is 5.76 Å². The molecular weight excluding hydrogens is 336 g/mol. The minimum Gasteiger partial charge on any atom is -0.491 e. The molecule has 26 heavy (non-hydrogen) atoms. The number of hydrogen-bond donors (Lipinski definition) is 4. The van der Waals surface area contributed by atoms with Gasteiger partial charge >= 0.3 is 0 Å². The second-order valence-corrected chi connectivity index (χ2v) is 10.2. The first kappa shape index (κ1) is 18.4. The van der Waals surface area contributed by atoms with Crippen molar-refractivity contribution in [3.63, 3.8) is 0 Å². The van der Waals surface area contributed by atoms with E-state index in [1.165, 1.54) is 0 Å². The lowest BCUT2D eigenvalue weighted by atomic mass is 9.69. The maximum Gasteiger partial charge on any atom is 0.171 e. The summed E-state index contributed by atoms with van der Waals surface area (Å²) in [7, 11) is 0. The first-order chi connectivity index (χ1) is 11.6. The first-order valence-electron chi connectivity index (χ1n) is 9.51. The summed E-state index contributed by atoms with van der Waals surface area (Å²) >= 11 is 0. The molecule has 6 heteroatoms. The van der Waals surface area contributed by atoms with E-state index in [2.05, 4.69) is 0 Å². The van der Waals surface area contributed by atoms with Crippen LogP contribution in [0.25, 0.3) is 0 Å². The molecule has 6 nitrogen and oxygen atoms in total. The Balaban J connectivity index is 2.04. The van der Waals surface area contributed by atoms with Gasteiger partial charge in [-0.05, 0) is 40.5 Å². The quantitative estimate of drug-likeness (QED) is 0.579. The summed E-state index contributed by atoms with van der Waals surface area (Å²) in [6.07, 6.45) is 0.208. The van der Waals surface area contributed by atoms with E-state index in [9.17, 15) is 25.2 Å². The summed E-state index contributed by atoms with van der Waals surface area (Å²) in [4.78, 5) is 13.3. The molecule has 0 aromatic rings. The molecular formula is C20H30O6. The molecule has 3 aliphatic carbocycles. The minimum atomic E-state index is -2.01. The van der Waals surface area contributed by atoms with Crippen LogP contribution in [0.3, 0.4) is 0 Å². The van der Waals surface area contributed by atoms with Crippen LogP contribution in [-0.4, -0.2) is 54.2 Å². The van der Waals surface area contributed by atoms with Gasteiger partial charge in [-0.25, -0.2) is 0 Å². The van der Waals surface area contributed by atoms with Gasteiger partial charge in [0.2, 0.25) is 0 Å². The van der Waals surface area contributed by atoms with Crippen molar-refractivity contribution in [1.82, 2.24) is 0 Å².